The molecule has 23 heavy (non-hydrogen) atoms. The quantitative estimate of drug-likeness (QED) is 0.487. The van der Waals surface area contributed by atoms with E-state index in [0.717, 1.165) is 25.8 Å². The number of rotatable bonds is 5. The number of carbonyl (C=O) groups excluding carboxylic acids is 1. The number of aromatic amines is 1. The van der Waals surface area contributed by atoms with E-state index in [0.29, 0.717) is 18.9 Å². The standard InChI is InChI=1S/C18H16INO3/c1-2-22-18(21)15-10-13-16(9-8-14(19)17(13)20-15)23-11-12-6-4-3-5-7-12/h3-10,20H,2,11H2,1H3. The number of benzene rings is 2. The number of ether oxygens (including phenoxy) is 2. The van der Waals surface area contributed by atoms with E-state index in [9.17, 15) is 4.79 Å². The number of H-pyrrole nitrogens is 1. The molecular weight excluding hydrogens is 405 g/mol. The summed E-state index contributed by atoms with van der Waals surface area (Å²) in [4.78, 5) is 15.0. The van der Waals surface area contributed by atoms with Crippen LogP contribution in [0, 0.1) is 3.57 Å². The largest absolute Gasteiger partial charge is 0.488 e. The highest BCUT2D eigenvalue weighted by molar-refractivity contribution is 14.1. The molecule has 0 spiro atoms. The summed E-state index contributed by atoms with van der Waals surface area (Å²) in [6, 6.07) is 15.7. The Morgan fingerprint density at radius 3 is 2.70 bits per heavy atom. The average molecular weight is 421 g/mol. The molecule has 3 aromatic rings. The normalized spacial score (nSPS) is 10.7. The number of halogens is 1. The maximum Gasteiger partial charge on any atom is 0.354 e. The number of hydrogen-bond donors (Lipinski definition) is 1. The Hall–Kier alpha value is -2.02. The Morgan fingerprint density at radius 1 is 1.17 bits per heavy atom. The maximum absolute atomic E-state index is 11.9. The van der Waals surface area contributed by atoms with Crippen molar-refractivity contribution < 1.29 is 14.3 Å². The third-order valence-corrected chi connectivity index (χ3v) is 4.33. The molecule has 1 heterocycles. The van der Waals surface area contributed by atoms with Crippen molar-refractivity contribution in [3.8, 4) is 5.75 Å². The van der Waals surface area contributed by atoms with Crippen molar-refractivity contribution in [2.45, 2.75) is 13.5 Å². The van der Waals surface area contributed by atoms with Gasteiger partial charge >= 0.3 is 5.97 Å². The lowest BCUT2D eigenvalue weighted by molar-refractivity contribution is 0.0520. The van der Waals surface area contributed by atoms with Crippen LogP contribution in [0.3, 0.4) is 0 Å². The van der Waals surface area contributed by atoms with Crippen LogP contribution in [0.2, 0.25) is 0 Å². The van der Waals surface area contributed by atoms with E-state index < -0.39 is 0 Å². The third-order valence-electron chi connectivity index (χ3n) is 3.44. The Bertz CT molecular complexity index is 827. The number of aromatic nitrogens is 1. The van der Waals surface area contributed by atoms with Crippen LogP contribution in [0.5, 0.6) is 5.75 Å². The fourth-order valence-corrected chi connectivity index (χ4v) is 2.94. The van der Waals surface area contributed by atoms with E-state index in [1.165, 1.54) is 0 Å². The molecule has 1 aromatic heterocycles. The zero-order valence-corrected chi connectivity index (χ0v) is 14.8. The summed E-state index contributed by atoms with van der Waals surface area (Å²) in [5.74, 6) is 0.393. The van der Waals surface area contributed by atoms with E-state index in [1.807, 2.05) is 42.5 Å². The third kappa shape index (κ3) is 3.50. The van der Waals surface area contributed by atoms with Gasteiger partial charge in [0.15, 0.2) is 0 Å². The number of nitrogens with one attached hydrogen (secondary N) is 1. The van der Waals surface area contributed by atoms with Crippen LogP contribution in [-0.2, 0) is 11.3 Å². The molecule has 0 amide bonds. The van der Waals surface area contributed by atoms with E-state index in [-0.39, 0.29) is 5.97 Å². The van der Waals surface area contributed by atoms with Crippen molar-refractivity contribution in [1.29, 1.82) is 0 Å². The highest BCUT2D eigenvalue weighted by atomic mass is 127. The lowest BCUT2D eigenvalue weighted by Gasteiger charge is -2.08. The molecule has 0 saturated heterocycles. The van der Waals surface area contributed by atoms with E-state index in [2.05, 4.69) is 27.6 Å². The van der Waals surface area contributed by atoms with Crippen LogP contribution in [-0.4, -0.2) is 17.6 Å². The van der Waals surface area contributed by atoms with Gasteiger partial charge < -0.3 is 14.5 Å². The van der Waals surface area contributed by atoms with Gasteiger partial charge in [-0.3, -0.25) is 0 Å². The smallest absolute Gasteiger partial charge is 0.354 e. The highest BCUT2D eigenvalue weighted by Gasteiger charge is 2.15. The van der Waals surface area contributed by atoms with Crippen molar-refractivity contribution in [3.63, 3.8) is 0 Å². The zero-order chi connectivity index (χ0) is 16.2. The second-order valence-corrected chi connectivity index (χ2v) is 6.17. The van der Waals surface area contributed by atoms with Gasteiger partial charge in [0.05, 0.1) is 12.1 Å². The Morgan fingerprint density at radius 2 is 1.96 bits per heavy atom. The maximum atomic E-state index is 11.9. The highest BCUT2D eigenvalue weighted by Crippen LogP contribution is 2.31. The van der Waals surface area contributed by atoms with Gasteiger partial charge in [0.25, 0.3) is 0 Å². The molecule has 0 radical (unpaired) electrons. The summed E-state index contributed by atoms with van der Waals surface area (Å²) < 4.78 is 12.0. The Labute approximate surface area is 147 Å². The van der Waals surface area contributed by atoms with Crippen LogP contribution < -0.4 is 4.74 Å². The monoisotopic (exact) mass is 421 g/mol. The first kappa shape index (κ1) is 15.9. The summed E-state index contributed by atoms with van der Waals surface area (Å²) in [6.45, 7) is 2.62. The SMILES string of the molecule is CCOC(=O)c1cc2c(OCc3ccccc3)ccc(I)c2[nH]1. The van der Waals surface area contributed by atoms with Crippen molar-refractivity contribution in [3.05, 3.63) is 63.4 Å². The number of carbonyl (C=O) groups is 1. The molecule has 4 nitrogen and oxygen atoms in total. The van der Waals surface area contributed by atoms with Gasteiger partial charge in [0.1, 0.15) is 18.1 Å². The first-order chi connectivity index (χ1) is 11.2. The number of hydrogen-bond acceptors (Lipinski definition) is 3. The number of esters is 1. The molecule has 0 saturated carbocycles. The molecule has 5 heteroatoms. The van der Waals surface area contributed by atoms with Gasteiger partial charge in [-0.15, -0.1) is 0 Å². The van der Waals surface area contributed by atoms with Crippen LogP contribution >= 0.6 is 22.6 Å². The van der Waals surface area contributed by atoms with E-state index in [4.69, 9.17) is 9.47 Å². The van der Waals surface area contributed by atoms with Gasteiger partial charge in [-0.25, -0.2) is 4.79 Å². The lowest BCUT2D eigenvalue weighted by atomic mass is 10.2. The molecule has 0 unspecified atom stereocenters. The average Bonchev–Trinajstić information content (AvgIpc) is 3.02. The van der Waals surface area contributed by atoms with Crippen LogP contribution in [0.1, 0.15) is 23.0 Å². The minimum atomic E-state index is -0.353. The first-order valence-electron chi connectivity index (χ1n) is 7.34. The summed E-state index contributed by atoms with van der Waals surface area (Å²) >= 11 is 2.23. The fourth-order valence-electron chi connectivity index (χ4n) is 2.34. The molecule has 0 aliphatic carbocycles. The molecule has 3 rings (SSSR count). The fraction of sp³-hybridized carbons (Fsp3) is 0.167. The predicted octanol–water partition coefficient (Wildman–Crippen LogP) is 4.53. The van der Waals surface area contributed by atoms with Crippen molar-refractivity contribution in [1.82, 2.24) is 4.98 Å². The molecule has 1 N–H and O–H groups in total. The van der Waals surface area contributed by atoms with Crippen LogP contribution in [0.25, 0.3) is 10.9 Å². The first-order valence-corrected chi connectivity index (χ1v) is 8.42. The van der Waals surface area contributed by atoms with E-state index in [1.54, 1.807) is 13.0 Å². The summed E-state index contributed by atoms with van der Waals surface area (Å²) in [7, 11) is 0. The molecule has 0 fully saturated rings. The summed E-state index contributed by atoms with van der Waals surface area (Å²) in [5.41, 5.74) is 2.43. The van der Waals surface area contributed by atoms with Crippen molar-refractivity contribution in [2.24, 2.45) is 0 Å². The van der Waals surface area contributed by atoms with Crippen LogP contribution in [0.15, 0.2) is 48.5 Å². The Balaban J connectivity index is 1.91. The number of fused-ring (bicyclic) bond motifs is 1. The van der Waals surface area contributed by atoms with Gasteiger partial charge in [-0.1, -0.05) is 30.3 Å². The molecule has 0 atom stereocenters. The molecule has 118 valence electrons. The van der Waals surface area contributed by atoms with Crippen LogP contribution in [0.4, 0.5) is 0 Å². The van der Waals surface area contributed by atoms with Crippen molar-refractivity contribution >= 4 is 39.5 Å². The lowest BCUT2D eigenvalue weighted by Crippen LogP contribution is -2.04. The molecule has 2 aromatic carbocycles. The molecule has 0 aliphatic heterocycles. The van der Waals surface area contributed by atoms with Crippen molar-refractivity contribution in [2.75, 3.05) is 6.61 Å². The zero-order valence-electron chi connectivity index (χ0n) is 12.6. The van der Waals surface area contributed by atoms with Gasteiger partial charge in [0, 0.05) is 8.96 Å². The minimum Gasteiger partial charge on any atom is -0.488 e. The second kappa shape index (κ2) is 7.04. The topological polar surface area (TPSA) is 51.3 Å². The second-order valence-electron chi connectivity index (χ2n) is 5.01. The predicted molar refractivity (Wildman–Crippen MR) is 97.7 cm³/mol. The molecular formula is C18H16INO3. The van der Waals surface area contributed by atoms with Gasteiger partial charge in [-0.05, 0) is 53.3 Å². The van der Waals surface area contributed by atoms with Gasteiger partial charge in [0.2, 0.25) is 0 Å². The molecule has 0 aliphatic rings. The summed E-state index contributed by atoms with van der Waals surface area (Å²) in [5, 5.41) is 0.885. The van der Waals surface area contributed by atoms with Gasteiger partial charge in [-0.2, -0.15) is 0 Å². The Kier molecular flexibility index (Phi) is 4.85. The summed E-state index contributed by atoms with van der Waals surface area (Å²) in [6.07, 6.45) is 0. The van der Waals surface area contributed by atoms with E-state index >= 15 is 0 Å². The molecule has 0 bridgehead atoms. The minimum absolute atomic E-state index is 0.350.